The van der Waals surface area contributed by atoms with Gasteiger partial charge in [-0.1, -0.05) is 26.7 Å². The molecule has 19 heavy (non-hydrogen) atoms. The van der Waals surface area contributed by atoms with Crippen molar-refractivity contribution in [1.82, 2.24) is 10.3 Å². The summed E-state index contributed by atoms with van der Waals surface area (Å²) in [5.41, 5.74) is 1.01. The first-order chi connectivity index (χ1) is 9.33. The van der Waals surface area contributed by atoms with Crippen LogP contribution in [0.5, 0.6) is 0 Å². The van der Waals surface area contributed by atoms with Crippen molar-refractivity contribution in [2.45, 2.75) is 52.5 Å². The Hall–Kier alpha value is -1.03. The van der Waals surface area contributed by atoms with Crippen LogP contribution in [0.2, 0.25) is 0 Å². The van der Waals surface area contributed by atoms with Gasteiger partial charge in [-0.15, -0.1) is 0 Å². The van der Waals surface area contributed by atoms with Gasteiger partial charge in [0.15, 0.2) is 0 Å². The lowest BCUT2D eigenvalue weighted by molar-refractivity contribution is 0.434. The summed E-state index contributed by atoms with van der Waals surface area (Å²) in [6, 6.07) is 0.810. The highest BCUT2D eigenvalue weighted by Crippen LogP contribution is 2.25. The van der Waals surface area contributed by atoms with Crippen LogP contribution in [0.3, 0.4) is 0 Å². The molecule has 108 valence electrons. The Kier molecular flexibility index (Phi) is 5.70. The van der Waals surface area contributed by atoms with E-state index in [0.29, 0.717) is 0 Å². The molecule has 4 heteroatoms. The molecule has 0 amide bonds. The van der Waals surface area contributed by atoms with E-state index < -0.39 is 0 Å². The number of oxazole rings is 1. The third-order valence-corrected chi connectivity index (χ3v) is 3.91. The Morgan fingerprint density at radius 1 is 1.37 bits per heavy atom. The summed E-state index contributed by atoms with van der Waals surface area (Å²) < 4.78 is 5.63. The number of aromatic nitrogens is 1. The number of hydrogen-bond donors (Lipinski definition) is 1. The lowest BCUT2D eigenvalue weighted by Gasteiger charge is -2.17. The molecule has 1 unspecified atom stereocenters. The van der Waals surface area contributed by atoms with Crippen LogP contribution in [0.25, 0.3) is 0 Å². The molecule has 0 spiro atoms. The molecule has 0 saturated carbocycles. The molecule has 1 aliphatic heterocycles. The van der Waals surface area contributed by atoms with Gasteiger partial charge in [0.1, 0.15) is 6.26 Å². The molecule has 4 nitrogen and oxygen atoms in total. The van der Waals surface area contributed by atoms with Gasteiger partial charge in [0.2, 0.25) is 0 Å². The summed E-state index contributed by atoms with van der Waals surface area (Å²) in [7, 11) is 0. The highest BCUT2D eigenvalue weighted by atomic mass is 16.4. The molecule has 0 aromatic carbocycles. The molecule has 1 N–H and O–H groups in total. The topological polar surface area (TPSA) is 41.3 Å². The van der Waals surface area contributed by atoms with E-state index in [1.807, 2.05) is 0 Å². The van der Waals surface area contributed by atoms with Gasteiger partial charge in [-0.2, -0.15) is 4.98 Å². The Bertz CT molecular complexity index is 364. The number of nitrogens with zero attached hydrogens (tertiary/aromatic N) is 2. The molecule has 1 fully saturated rings. The molecule has 2 heterocycles. The maximum Gasteiger partial charge on any atom is 0.297 e. The van der Waals surface area contributed by atoms with Gasteiger partial charge in [-0.25, -0.2) is 0 Å². The first-order valence-electron chi connectivity index (χ1n) is 7.73. The van der Waals surface area contributed by atoms with E-state index in [4.69, 9.17) is 4.42 Å². The Balaban J connectivity index is 1.88. The molecule has 0 aliphatic carbocycles. The third kappa shape index (κ3) is 4.23. The smallest absolute Gasteiger partial charge is 0.297 e. The standard InChI is InChI=1S/C15H27N3O/c1-3-6-13-7-5-9-18(10-8-13)15-17-14(12-19-15)11-16-4-2/h12-13,16H,3-11H2,1-2H3. The minimum Gasteiger partial charge on any atom is -0.432 e. The molecular weight excluding hydrogens is 238 g/mol. The van der Waals surface area contributed by atoms with Crippen molar-refractivity contribution in [2.24, 2.45) is 5.92 Å². The van der Waals surface area contributed by atoms with Crippen LogP contribution < -0.4 is 10.2 Å². The fourth-order valence-electron chi connectivity index (χ4n) is 2.83. The van der Waals surface area contributed by atoms with E-state index in [-0.39, 0.29) is 0 Å². The van der Waals surface area contributed by atoms with Gasteiger partial charge in [0, 0.05) is 19.6 Å². The minimum absolute atomic E-state index is 0.798. The highest BCUT2D eigenvalue weighted by Gasteiger charge is 2.19. The zero-order valence-electron chi connectivity index (χ0n) is 12.3. The van der Waals surface area contributed by atoms with Crippen molar-refractivity contribution in [2.75, 3.05) is 24.5 Å². The molecule has 0 radical (unpaired) electrons. The van der Waals surface area contributed by atoms with Gasteiger partial charge < -0.3 is 14.6 Å². The van der Waals surface area contributed by atoms with Crippen LogP contribution in [-0.2, 0) is 6.54 Å². The van der Waals surface area contributed by atoms with Crippen molar-refractivity contribution < 1.29 is 4.42 Å². The van der Waals surface area contributed by atoms with Crippen LogP contribution in [0.1, 0.15) is 51.6 Å². The summed E-state index contributed by atoms with van der Waals surface area (Å²) in [6.07, 6.45) is 8.34. The fourth-order valence-corrected chi connectivity index (χ4v) is 2.83. The van der Waals surface area contributed by atoms with Crippen LogP contribution in [0.4, 0.5) is 6.01 Å². The number of anilines is 1. The van der Waals surface area contributed by atoms with Gasteiger partial charge in [-0.05, 0) is 31.7 Å². The summed E-state index contributed by atoms with van der Waals surface area (Å²) in [6.45, 7) is 8.32. The van der Waals surface area contributed by atoms with Gasteiger partial charge >= 0.3 is 0 Å². The average molecular weight is 265 g/mol. The van der Waals surface area contributed by atoms with Crippen molar-refractivity contribution in [3.8, 4) is 0 Å². The molecule has 1 aliphatic rings. The average Bonchev–Trinajstić information content (AvgIpc) is 2.77. The van der Waals surface area contributed by atoms with Crippen molar-refractivity contribution in [3.05, 3.63) is 12.0 Å². The predicted molar refractivity (Wildman–Crippen MR) is 78.3 cm³/mol. The monoisotopic (exact) mass is 265 g/mol. The summed E-state index contributed by atoms with van der Waals surface area (Å²) in [5.74, 6) is 0.895. The Morgan fingerprint density at radius 3 is 3.05 bits per heavy atom. The maximum absolute atomic E-state index is 5.63. The molecule has 2 rings (SSSR count). The van der Waals surface area contributed by atoms with Gasteiger partial charge in [0.05, 0.1) is 5.69 Å². The fraction of sp³-hybridized carbons (Fsp3) is 0.800. The van der Waals surface area contributed by atoms with Crippen LogP contribution in [0.15, 0.2) is 10.7 Å². The first-order valence-corrected chi connectivity index (χ1v) is 7.73. The zero-order valence-corrected chi connectivity index (χ0v) is 12.3. The van der Waals surface area contributed by atoms with E-state index >= 15 is 0 Å². The van der Waals surface area contributed by atoms with E-state index in [0.717, 1.165) is 43.8 Å². The molecule has 1 atom stereocenters. The minimum atomic E-state index is 0.798. The number of rotatable bonds is 6. The lowest BCUT2D eigenvalue weighted by Crippen LogP contribution is -2.24. The van der Waals surface area contributed by atoms with Gasteiger partial charge in [0.25, 0.3) is 6.01 Å². The highest BCUT2D eigenvalue weighted by molar-refractivity contribution is 5.27. The normalized spacial score (nSPS) is 20.5. The molecule has 1 saturated heterocycles. The zero-order chi connectivity index (χ0) is 13.5. The largest absolute Gasteiger partial charge is 0.432 e. The summed E-state index contributed by atoms with van der Waals surface area (Å²) in [4.78, 5) is 6.89. The van der Waals surface area contributed by atoms with E-state index in [1.165, 1.54) is 32.1 Å². The molecule has 1 aromatic rings. The van der Waals surface area contributed by atoms with Crippen molar-refractivity contribution in [3.63, 3.8) is 0 Å². The van der Waals surface area contributed by atoms with Crippen LogP contribution in [-0.4, -0.2) is 24.6 Å². The molecule has 1 aromatic heterocycles. The third-order valence-electron chi connectivity index (χ3n) is 3.91. The second-order valence-electron chi connectivity index (χ2n) is 5.47. The summed E-state index contributed by atoms with van der Waals surface area (Å²) >= 11 is 0. The van der Waals surface area contributed by atoms with Crippen LogP contribution >= 0.6 is 0 Å². The van der Waals surface area contributed by atoms with Crippen molar-refractivity contribution >= 4 is 6.01 Å². The number of nitrogens with one attached hydrogen (secondary N) is 1. The Morgan fingerprint density at radius 2 is 2.26 bits per heavy atom. The molecule has 0 bridgehead atoms. The van der Waals surface area contributed by atoms with Gasteiger partial charge in [-0.3, -0.25) is 0 Å². The quantitative estimate of drug-likeness (QED) is 0.857. The molecular formula is C15H27N3O. The Labute approximate surface area is 116 Å². The SMILES string of the molecule is CCCC1CCCN(c2nc(CNCC)co2)CC1. The summed E-state index contributed by atoms with van der Waals surface area (Å²) in [5, 5.41) is 3.28. The van der Waals surface area contributed by atoms with E-state index in [2.05, 4.69) is 29.0 Å². The van der Waals surface area contributed by atoms with E-state index in [9.17, 15) is 0 Å². The predicted octanol–water partition coefficient (Wildman–Crippen LogP) is 3.19. The second kappa shape index (κ2) is 7.53. The van der Waals surface area contributed by atoms with Crippen LogP contribution in [0, 0.1) is 5.92 Å². The van der Waals surface area contributed by atoms with E-state index in [1.54, 1.807) is 6.26 Å². The lowest BCUT2D eigenvalue weighted by atomic mass is 9.96. The maximum atomic E-state index is 5.63. The number of hydrogen-bond acceptors (Lipinski definition) is 4. The first kappa shape index (κ1) is 14.4. The second-order valence-corrected chi connectivity index (χ2v) is 5.47. The van der Waals surface area contributed by atoms with Crippen molar-refractivity contribution in [1.29, 1.82) is 0 Å².